The molecule has 0 radical (unpaired) electrons. The van der Waals surface area contributed by atoms with Gasteiger partial charge in [0.1, 0.15) is 6.04 Å². The summed E-state index contributed by atoms with van der Waals surface area (Å²) in [5.41, 5.74) is 5.95. The normalized spacial score (nSPS) is 14.8. The molecule has 0 bridgehead atoms. The molecule has 2 heterocycles. The minimum absolute atomic E-state index is 0.196. The lowest BCUT2D eigenvalue weighted by Gasteiger charge is -2.29. The first-order chi connectivity index (χ1) is 15.1. The van der Waals surface area contributed by atoms with Crippen LogP contribution in [0.4, 0.5) is 4.79 Å². The van der Waals surface area contributed by atoms with E-state index < -0.39 is 11.6 Å². The fourth-order valence-corrected chi connectivity index (χ4v) is 3.26. The van der Waals surface area contributed by atoms with E-state index in [-0.39, 0.29) is 31.3 Å². The number of ether oxygens (including phenoxy) is 2. The first-order valence-electron chi connectivity index (χ1n) is 10.7. The van der Waals surface area contributed by atoms with E-state index in [1.807, 2.05) is 48.7 Å². The van der Waals surface area contributed by atoms with Crippen LogP contribution in [0.5, 0.6) is 0 Å². The van der Waals surface area contributed by atoms with Gasteiger partial charge in [0.2, 0.25) is 5.91 Å². The number of rotatable bonds is 8. The average Bonchev–Trinajstić information content (AvgIpc) is 3.15. The van der Waals surface area contributed by atoms with Gasteiger partial charge in [0.25, 0.3) is 0 Å². The van der Waals surface area contributed by atoms with Crippen LogP contribution < -0.4 is 11.1 Å². The summed E-state index contributed by atoms with van der Waals surface area (Å²) in [4.78, 5) is 26.4. The number of amides is 2. The Morgan fingerprint density at radius 1 is 1.19 bits per heavy atom. The molecular formula is C22H32N6O4. The highest BCUT2D eigenvalue weighted by Gasteiger charge is 2.31. The summed E-state index contributed by atoms with van der Waals surface area (Å²) < 4.78 is 13.1. The van der Waals surface area contributed by atoms with Gasteiger partial charge in [-0.25, -0.2) is 4.79 Å². The van der Waals surface area contributed by atoms with E-state index in [1.165, 1.54) is 0 Å². The number of fused-ring (bicyclic) bond motifs is 1. The summed E-state index contributed by atoms with van der Waals surface area (Å²) in [5, 5.41) is 11.5. The molecule has 0 saturated heterocycles. The van der Waals surface area contributed by atoms with Gasteiger partial charge in [0.05, 0.1) is 31.4 Å². The van der Waals surface area contributed by atoms with Gasteiger partial charge in [-0.1, -0.05) is 30.3 Å². The highest BCUT2D eigenvalue weighted by Crippen LogP contribution is 2.20. The molecule has 0 aliphatic carbocycles. The van der Waals surface area contributed by atoms with Gasteiger partial charge in [0, 0.05) is 13.1 Å². The molecule has 32 heavy (non-hydrogen) atoms. The van der Waals surface area contributed by atoms with Gasteiger partial charge in [-0.3, -0.25) is 9.69 Å². The molecule has 1 aliphatic heterocycles. The second kappa shape index (κ2) is 10.1. The third kappa shape index (κ3) is 6.04. The molecular weight excluding hydrogens is 412 g/mol. The number of nitrogens with two attached hydrogens (primary N) is 1. The topological polar surface area (TPSA) is 125 Å². The minimum atomic E-state index is -1.06. The maximum absolute atomic E-state index is 12.6. The number of aromatic nitrogens is 3. The summed E-state index contributed by atoms with van der Waals surface area (Å²) in [5.74, 6) is 0.880. The van der Waals surface area contributed by atoms with Crippen LogP contribution in [0.1, 0.15) is 50.9 Å². The highest BCUT2D eigenvalue weighted by atomic mass is 16.6. The van der Waals surface area contributed by atoms with Crippen molar-refractivity contribution in [3.63, 3.8) is 0 Å². The third-order valence-corrected chi connectivity index (χ3v) is 4.97. The maximum Gasteiger partial charge on any atom is 0.410 e. The zero-order chi connectivity index (χ0) is 23.3. The van der Waals surface area contributed by atoms with Crippen molar-refractivity contribution in [3.05, 3.63) is 47.5 Å². The number of hydrogen-bond donors (Lipinski definition) is 2. The molecule has 1 aromatic heterocycles. The number of nitrogens with zero attached hydrogens (tertiary/aromatic N) is 4. The lowest BCUT2D eigenvalue weighted by molar-refractivity contribution is -0.126. The Morgan fingerprint density at radius 3 is 2.56 bits per heavy atom. The highest BCUT2D eigenvalue weighted by molar-refractivity contribution is 5.85. The Labute approximate surface area is 188 Å². The van der Waals surface area contributed by atoms with Crippen LogP contribution in [0, 0.1) is 0 Å². The monoisotopic (exact) mass is 444 g/mol. The van der Waals surface area contributed by atoms with Crippen molar-refractivity contribution < 1.29 is 19.1 Å². The van der Waals surface area contributed by atoms with Gasteiger partial charge >= 0.3 is 6.09 Å². The Kier molecular flexibility index (Phi) is 7.47. The number of carbonyl (C=O) groups is 2. The summed E-state index contributed by atoms with van der Waals surface area (Å²) in [7, 11) is 0. The second-order valence-electron chi connectivity index (χ2n) is 8.73. The summed E-state index contributed by atoms with van der Waals surface area (Å²) >= 11 is 0. The second-order valence-corrected chi connectivity index (χ2v) is 8.73. The molecule has 3 N–H and O–H groups in total. The zero-order valence-corrected chi connectivity index (χ0v) is 19.1. The Balaban J connectivity index is 1.74. The van der Waals surface area contributed by atoms with Crippen molar-refractivity contribution in [2.75, 3.05) is 13.2 Å². The molecule has 2 amide bonds. The first-order valence-corrected chi connectivity index (χ1v) is 10.7. The van der Waals surface area contributed by atoms with Crippen LogP contribution in [0.15, 0.2) is 30.3 Å². The molecule has 3 rings (SSSR count). The molecule has 10 heteroatoms. The van der Waals surface area contributed by atoms with Crippen LogP contribution in [-0.4, -0.2) is 56.5 Å². The van der Waals surface area contributed by atoms with Crippen molar-refractivity contribution in [1.29, 1.82) is 0 Å². The molecule has 0 spiro atoms. The van der Waals surface area contributed by atoms with Crippen molar-refractivity contribution in [2.45, 2.75) is 65.1 Å². The van der Waals surface area contributed by atoms with E-state index in [4.69, 9.17) is 15.2 Å². The van der Waals surface area contributed by atoms with Crippen molar-refractivity contribution >= 4 is 12.0 Å². The lowest BCUT2D eigenvalue weighted by atomic mass is 10.1. The summed E-state index contributed by atoms with van der Waals surface area (Å²) in [6.07, 6.45) is -0.574. The largest absolute Gasteiger partial charge is 0.447 e. The molecule has 0 unspecified atom stereocenters. The molecule has 10 nitrogen and oxygen atoms in total. The standard InChI is InChI=1S/C22H32N6O4/c1-15(2)32-21(30)27-10-11-28-18(12-27)25-26-19(28)17(24-20(29)22(3,4)23)14-31-13-16-8-6-5-7-9-16/h5-9,15,17H,10-14,23H2,1-4H3,(H,24,29)/t17-/m1/s1. The maximum atomic E-state index is 12.6. The van der Waals surface area contributed by atoms with Gasteiger partial charge in [-0.05, 0) is 33.3 Å². The van der Waals surface area contributed by atoms with Gasteiger partial charge in [-0.15, -0.1) is 10.2 Å². The Morgan fingerprint density at radius 2 is 1.91 bits per heavy atom. The molecule has 1 atom stereocenters. The molecule has 2 aromatic rings. The Hall–Kier alpha value is -2.98. The molecule has 174 valence electrons. The average molecular weight is 445 g/mol. The fraction of sp³-hybridized carbons (Fsp3) is 0.545. The van der Waals surface area contributed by atoms with E-state index in [9.17, 15) is 9.59 Å². The lowest BCUT2D eigenvalue weighted by Crippen LogP contribution is -2.51. The number of carbonyl (C=O) groups excluding carboxylic acids is 2. The van der Waals surface area contributed by atoms with E-state index >= 15 is 0 Å². The van der Waals surface area contributed by atoms with Crippen LogP contribution in [0.3, 0.4) is 0 Å². The molecule has 0 saturated carbocycles. The van der Waals surface area contributed by atoms with Crippen molar-refractivity contribution in [2.24, 2.45) is 5.73 Å². The minimum Gasteiger partial charge on any atom is -0.447 e. The van der Waals surface area contributed by atoms with Crippen LogP contribution in [-0.2, 0) is 34.0 Å². The first kappa shape index (κ1) is 23.7. The SMILES string of the molecule is CC(C)OC(=O)N1CCn2c(nnc2[C@@H](COCc2ccccc2)NC(=O)C(C)(C)N)C1. The van der Waals surface area contributed by atoms with E-state index in [0.717, 1.165) is 5.56 Å². The summed E-state index contributed by atoms with van der Waals surface area (Å²) in [6, 6.07) is 9.24. The van der Waals surface area contributed by atoms with E-state index in [0.29, 0.717) is 31.3 Å². The van der Waals surface area contributed by atoms with E-state index in [1.54, 1.807) is 18.7 Å². The number of benzene rings is 1. The van der Waals surface area contributed by atoms with Gasteiger partial charge < -0.3 is 25.1 Å². The number of nitrogens with one attached hydrogen (secondary N) is 1. The quantitative estimate of drug-likeness (QED) is 0.635. The number of hydrogen-bond acceptors (Lipinski definition) is 7. The zero-order valence-electron chi connectivity index (χ0n) is 19.1. The molecule has 0 fully saturated rings. The van der Waals surface area contributed by atoms with Gasteiger partial charge in [0.15, 0.2) is 11.6 Å². The Bertz CT molecular complexity index is 922. The summed E-state index contributed by atoms with van der Waals surface area (Å²) in [6.45, 7) is 8.73. The predicted molar refractivity (Wildman–Crippen MR) is 117 cm³/mol. The van der Waals surface area contributed by atoms with E-state index in [2.05, 4.69) is 15.5 Å². The van der Waals surface area contributed by atoms with Crippen molar-refractivity contribution in [3.8, 4) is 0 Å². The molecule has 1 aromatic carbocycles. The smallest absolute Gasteiger partial charge is 0.410 e. The van der Waals surface area contributed by atoms with Crippen LogP contribution in [0.2, 0.25) is 0 Å². The van der Waals surface area contributed by atoms with Crippen LogP contribution in [0.25, 0.3) is 0 Å². The fourth-order valence-electron chi connectivity index (χ4n) is 3.26. The van der Waals surface area contributed by atoms with Crippen molar-refractivity contribution in [1.82, 2.24) is 25.0 Å². The molecule has 1 aliphatic rings. The third-order valence-electron chi connectivity index (χ3n) is 4.97. The van der Waals surface area contributed by atoms with Gasteiger partial charge in [-0.2, -0.15) is 0 Å². The predicted octanol–water partition coefficient (Wildman–Crippen LogP) is 1.75. The van der Waals surface area contributed by atoms with Crippen LogP contribution >= 0.6 is 0 Å².